The molecular formula is C36H22I4N4O6. The van der Waals surface area contributed by atoms with Gasteiger partial charge in [-0.2, -0.15) is 0 Å². The van der Waals surface area contributed by atoms with E-state index in [9.17, 15) is 9.59 Å². The van der Waals surface area contributed by atoms with Crippen LogP contribution in [-0.2, 0) is 30.3 Å². The third-order valence-electron chi connectivity index (χ3n) is 8.58. The van der Waals surface area contributed by atoms with E-state index >= 15 is 0 Å². The number of aromatic nitrogens is 4. The van der Waals surface area contributed by atoms with Gasteiger partial charge in [0.15, 0.2) is 23.7 Å². The van der Waals surface area contributed by atoms with E-state index in [1.807, 2.05) is 97.1 Å². The van der Waals surface area contributed by atoms with Crippen LogP contribution in [0, 0.1) is 14.3 Å². The lowest BCUT2D eigenvalue weighted by atomic mass is 9.90. The molecule has 10 nitrogen and oxygen atoms in total. The third kappa shape index (κ3) is 5.97. The molecule has 2 aliphatic rings. The summed E-state index contributed by atoms with van der Waals surface area (Å²) in [7, 11) is 0. The van der Waals surface area contributed by atoms with Gasteiger partial charge >= 0.3 is 24.0 Å². The molecule has 0 bridgehead atoms. The summed E-state index contributed by atoms with van der Waals surface area (Å²) in [6, 6.07) is 31.8. The van der Waals surface area contributed by atoms with Crippen LogP contribution in [0.25, 0.3) is 0 Å². The van der Waals surface area contributed by atoms with Gasteiger partial charge in [-0.1, -0.05) is 60.7 Å². The molecule has 4 unspecified atom stereocenters. The van der Waals surface area contributed by atoms with Gasteiger partial charge < -0.3 is 18.9 Å². The van der Waals surface area contributed by atoms with E-state index < -0.39 is 35.6 Å². The average Bonchev–Trinajstić information content (AvgIpc) is 3.92. The van der Waals surface area contributed by atoms with E-state index in [0.717, 1.165) is 36.5 Å². The molecule has 14 heteroatoms. The van der Waals surface area contributed by atoms with Crippen LogP contribution in [0.4, 0.5) is 0 Å². The first-order chi connectivity index (χ1) is 24.2. The molecule has 0 radical (unpaired) electrons. The van der Waals surface area contributed by atoms with Crippen molar-refractivity contribution in [2.75, 3.05) is 0 Å². The fourth-order valence-electron chi connectivity index (χ4n) is 6.20. The maximum absolute atomic E-state index is 13.2. The quantitative estimate of drug-likeness (QED) is 0.0654. The fraction of sp³-hybridized carbons (Fsp3) is 0.111. The van der Waals surface area contributed by atoms with Crippen molar-refractivity contribution in [3.8, 4) is 12.0 Å². The van der Waals surface area contributed by atoms with E-state index in [2.05, 4.69) is 100 Å². The molecule has 8 rings (SSSR count). The first-order valence-electron chi connectivity index (χ1n) is 15.1. The van der Waals surface area contributed by atoms with E-state index in [4.69, 9.17) is 18.9 Å². The van der Waals surface area contributed by atoms with Gasteiger partial charge in [0.05, 0.1) is 0 Å². The minimum Gasteiger partial charge on any atom is -0.383 e. The van der Waals surface area contributed by atoms with Crippen LogP contribution in [0.15, 0.2) is 122 Å². The molecule has 0 N–H and O–H groups in total. The molecule has 0 amide bonds. The van der Waals surface area contributed by atoms with E-state index in [0.29, 0.717) is 0 Å². The third-order valence-corrected chi connectivity index (χ3v) is 11.9. The largest absolute Gasteiger partial charge is 0.425 e. The summed E-state index contributed by atoms with van der Waals surface area (Å²) >= 11 is 9.09. The van der Waals surface area contributed by atoms with Crippen molar-refractivity contribution in [2.45, 2.75) is 23.7 Å². The van der Waals surface area contributed by atoms with Crippen LogP contribution in [0.1, 0.15) is 34.7 Å². The lowest BCUT2D eigenvalue weighted by Gasteiger charge is -2.17. The summed E-state index contributed by atoms with van der Waals surface area (Å²) in [5, 5.41) is 0. The Kier molecular flexibility index (Phi) is 9.27. The van der Waals surface area contributed by atoms with Gasteiger partial charge in [0.2, 0.25) is 0 Å². The summed E-state index contributed by atoms with van der Waals surface area (Å²) in [5.41, 5.74) is 2.05. The van der Waals surface area contributed by atoms with Gasteiger partial charge in [0, 0.05) is 50.2 Å². The van der Waals surface area contributed by atoms with Crippen LogP contribution >= 0.6 is 90.4 Å². The first-order valence-corrected chi connectivity index (χ1v) is 19.4. The molecule has 0 saturated carbocycles. The molecule has 250 valence electrons. The number of carbonyl (C=O) groups excluding carboxylic acids is 2. The molecule has 4 atom stereocenters. The van der Waals surface area contributed by atoms with Gasteiger partial charge in [-0.3, -0.25) is 9.13 Å². The molecule has 50 heavy (non-hydrogen) atoms. The van der Waals surface area contributed by atoms with Crippen LogP contribution < -0.4 is 9.47 Å². The molecule has 2 aromatic heterocycles. The van der Waals surface area contributed by atoms with Gasteiger partial charge in [-0.25, -0.2) is 19.6 Å². The van der Waals surface area contributed by atoms with Gasteiger partial charge in [0.25, 0.3) is 0 Å². The Bertz CT molecular complexity index is 2100. The Labute approximate surface area is 340 Å². The second-order valence-electron chi connectivity index (χ2n) is 11.4. The second-order valence-corrected chi connectivity index (χ2v) is 16.2. The summed E-state index contributed by atoms with van der Waals surface area (Å²) in [6.45, 7) is 0. The molecule has 4 heterocycles. The minimum absolute atomic E-state index is 0.111. The van der Waals surface area contributed by atoms with E-state index in [1.54, 1.807) is 21.5 Å². The number of esters is 2. The van der Waals surface area contributed by atoms with Crippen LogP contribution in [0.3, 0.4) is 0 Å². The summed E-state index contributed by atoms with van der Waals surface area (Å²) in [4.78, 5) is 34.9. The molecule has 0 aliphatic carbocycles. The standard InChI is InChI=1S/C36H22I4N4O6/c37-23-13-9-21(10-14-23)35(25-5-1-3-7-27(25)39)31(49-35)43-19-17-41-33(43)47-29(45)30(46)48-34-42-18-20-44(34)32-36(50-32,22-11-15-24(38)16-12-22)26-6-2-4-8-28(26)40/h1-20,31-32H. The fourth-order valence-corrected chi connectivity index (χ4v) is 8.49. The Hall–Kier alpha value is -2.92. The summed E-state index contributed by atoms with van der Waals surface area (Å²) < 4.78 is 31.3. The van der Waals surface area contributed by atoms with Crippen molar-refractivity contribution >= 4 is 102 Å². The van der Waals surface area contributed by atoms with Crippen LogP contribution in [0.2, 0.25) is 0 Å². The Morgan fingerprint density at radius 1 is 0.580 bits per heavy atom. The Balaban J connectivity index is 1.03. The molecule has 2 aliphatic heterocycles. The van der Waals surface area contributed by atoms with Gasteiger partial charge in [0.1, 0.15) is 0 Å². The zero-order valence-electron chi connectivity index (χ0n) is 25.5. The molecule has 6 aromatic rings. The Morgan fingerprint density at radius 2 is 0.960 bits per heavy atom. The number of hydrogen-bond donors (Lipinski definition) is 0. The molecular weight excluding hydrogens is 1090 g/mol. The number of ether oxygens (including phenoxy) is 4. The van der Waals surface area contributed by atoms with Gasteiger partial charge in [-0.15, -0.1) is 0 Å². The number of carbonyl (C=O) groups is 2. The monoisotopic (exact) mass is 1110 g/mol. The highest BCUT2D eigenvalue weighted by Crippen LogP contribution is 2.61. The predicted molar refractivity (Wildman–Crippen MR) is 214 cm³/mol. The van der Waals surface area contributed by atoms with Crippen LogP contribution in [-0.4, -0.2) is 31.0 Å². The summed E-state index contributed by atoms with van der Waals surface area (Å²) in [6.07, 6.45) is 5.07. The number of epoxide rings is 2. The van der Waals surface area contributed by atoms with Crippen molar-refractivity contribution in [2.24, 2.45) is 0 Å². The number of imidazole rings is 2. The normalized spacial score (nSPS) is 22.2. The van der Waals surface area contributed by atoms with Crippen molar-refractivity contribution in [3.63, 3.8) is 0 Å². The van der Waals surface area contributed by atoms with Crippen molar-refractivity contribution in [1.82, 2.24) is 19.1 Å². The maximum Gasteiger partial charge on any atom is 0.425 e. The number of halogens is 4. The topological polar surface area (TPSA) is 113 Å². The highest BCUT2D eigenvalue weighted by atomic mass is 127. The van der Waals surface area contributed by atoms with Gasteiger partial charge in [-0.05, 0) is 138 Å². The summed E-state index contributed by atoms with van der Waals surface area (Å²) in [5.74, 6) is -2.53. The molecule has 0 spiro atoms. The lowest BCUT2D eigenvalue weighted by molar-refractivity contribution is -0.157. The smallest absolute Gasteiger partial charge is 0.383 e. The zero-order chi connectivity index (χ0) is 34.6. The van der Waals surface area contributed by atoms with Crippen LogP contribution in [0.5, 0.6) is 12.0 Å². The van der Waals surface area contributed by atoms with E-state index in [-0.39, 0.29) is 12.0 Å². The van der Waals surface area contributed by atoms with Crippen molar-refractivity contribution in [1.29, 1.82) is 0 Å². The zero-order valence-corrected chi connectivity index (χ0v) is 34.1. The van der Waals surface area contributed by atoms with E-state index in [1.165, 1.54) is 12.4 Å². The molecule has 2 fully saturated rings. The number of nitrogens with zero attached hydrogens (tertiary/aromatic N) is 4. The Morgan fingerprint density at radius 3 is 1.34 bits per heavy atom. The average molecular weight is 1110 g/mol. The second kappa shape index (κ2) is 13.6. The minimum atomic E-state index is -1.26. The number of benzene rings is 4. The number of hydrogen-bond acceptors (Lipinski definition) is 8. The predicted octanol–water partition coefficient (Wildman–Crippen LogP) is 7.95. The maximum atomic E-state index is 13.2. The highest BCUT2D eigenvalue weighted by Gasteiger charge is 2.63. The highest BCUT2D eigenvalue weighted by molar-refractivity contribution is 14.1. The number of rotatable bonds is 8. The first kappa shape index (κ1) is 34.2. The molecule has 2 saturated heterocycles. The van der Waals surface area contributed by atoms with Crippen molar-refractivity contribution in [3.05, 3.63) is 158 Å². The lowest BCUT2D eigenvalue weighted by Crippen LogP contribution is -2.28. The SMILES string of the molecule is O=C(Oc1nccn1C1OC1(c1ccc(I)cc1)c1ccccc1I)C(=O)Oc1nccn1C1OC1(c1ccc(I)cc1)c1ccccc1I. The van der Waals surface area contributed by atoms with Crippen molar-refractivity contribution < 1.29 is 28.5 Å². The molecule has 4 aromatic carbocycles.